The minimum Gasteiger partial charge on any atom is -0.508 e. The summed E-state index contributed by atoms with van der Waals surface area (Å²) in [6.07, 6.45) is -0.244. The van der Waals surface area contributed by atoms with Gasteiger partial charge in [0.1, 0.15) is 17.8 Å². The molecule has 6 N–H and O–H groups in total. The van der Waals surface area contributed by atoms with Crippen LogP contribution < -0.4 is 21.7 Å². The van der Waals surface area contributed by atoms with E-state index in [1.54, 1.807) is 12.1 Å². The number of hydrogen-bond acceptors (Lipinski definition) is 9. The molecule has 1 rings (SSSR count). The molecule has 0 heterocycles. The van der Waals surface area contributed by atoms with Crippen LogP contribution >= 0.6 is 0 Å². The van der Waals surface area contributed by atoms with Crippen molar-refractivity contribution in [1.82, 2.24) is 16.0 Å². The number of phenolic OH excluding ortho intramolecular Hbond substituents is 1. The molecule has 0 bridgehead atoms. The van der Waals surface area contributed by atoms with Gasteiger partial charge in [-0.25, -0.2) is 4.79 Å². The average molecular weight is 452 g/mol. The molecule has 0 fully saturated rings. The smallest absolute Gasteiger partial charge is 0.328 e. The van der Waals surface area contributed by atoms with Crippen molar-refractivity contribution >= 4 is 29.7 Å². The van der Waals surface area contributed by atoms with Gasteiger partial charge in [0.05, 0.1) is 33.2 Å². The first-order chi connectivity index (χ1) is 15.1. The average Bonchev–Trinajstić information content (AvgIpc) is 2.77. The first-order valence-corrected chi connectivity index (χ1v) is 9.63. The fourth-order valence-corrected chi connectivity index (χ4v) is 2.52. The van der Waals surface area contributed by atoms with Crippen LogP contribution in [0.2, 0.25) is 0 Å². The Bertz CT molecular complexity index is 827. The van der Waals surface area contributed by atoms with Gasteiger partial charge in [0.25, 0.3) is 0 Å². The maximum Gasteiger partial charge on any atom is 0.328 e. The van der Waals surface area contributed by atoms with E-state index < -0.39 is 60.8 Å². The second-order valence-corrected chi connectivity index (χ2v) is 6.85. The fraction of sp³-hybridized carbons (Fsp3) is 0.450. The number of nitrogens with one attached hydrogen (secondary N) is 3. The Hall–Kier alpha value is -3.67. The highest BCUT2D eigenvalue weighted by molar-refractivity contribution is 5.93. The van der Waals surface area contributed by atoms with Gasteiger partial charge in [-0.2, -0.15) is 0 Å². The van der Waals surface area contributed by atoms with Crippen LogP contribution in [0, 0.1) is 0 Å². The Labute approximate surface area is 184 Å². The summed E-state index contributed by atoms with van der Waals surface area (Å²) < 4.78 is 8.97. The molecule has 0 aliphatic carbocycles. The molecular formula is C20H28N4O8. The number of ether oxygens (including phenoxy) is 2. The summed E-state index contributed by atoms with van der Waals surface area (Å²) in [4.78, 5) is 59.4. The molecule has 176 valence electrons. The van der Waals surface area contributed by atoms with Gasteiger partial charge in [-0.1, -0.05) is 12.1 Å². The number of benzene rings is 1. The summed E-state index contributed by atoms with van der Waals surface area (Å²) in [6.45, 7) is 0.903. The molecule has 12 nitrogen and oxygen atoms in total. The number of nitrogens with two attached hydrogens (primary N) is 1. The first-order valence-electron chi connectivity index (χ1n) is 9.63. The topological polar surface area (TPSA) is 186 Å². The molecule has 0 spiro atoms. The molecule has 32 heavy (non-hydrogen) atoms. The SMILES string of the molecule is COC(=O)CC(NC(=O)CNC(=O)C(C)NC(=O)C(N)Cc1ccc(O)cc1)C(=O)OC. The molecule has 0 aromatic heterocycles. The van der Waals surface area contributed by atoms with E-state index in [0.29, 0.717) is 0 Å². The van der Waals surface area contributed by atoms with E-state index in [9.17, 15) is 29.1 Å². The second-order valence-electron chi connectivity index (χ2n) is 6.85. The third kappa shape index (κ3) is 9.00. The summed E-state index contributed by atoms with van der Waals surface area (Å²) in [5.41, 5.74) is 6.58. The van der Waals surface area contributed by atoms with Crippen molar-refractivity contribution < 1.29 is 38.6 Å². The Morgan fingerprint density at radius 2 is 1.62 bits per heavy atom. The van der Waals surface area contributed by atoms with Crippen molar-refractivity contribution in [2.75, 3.05) is 20.8 Å². The summed E-state index contributed by atoms with van der Waals surface area (Å²) >= 11 is 0. The lowest BCUT2D eigenvalue weighted by Crippen LogP contribution is -2.53. The van der Waals surface area contributed by atoms with E-state index in [2.05, 4.69) is 25.4 Å². The van der Waals surface area contributed by atoms with Gasteiger partial charge in [0, 0.05) is 0 Å². The molecule has 1 aromatic rings. The summed E-state index contributed by atoms with van der Waals surface area (Å²) in [7, 11) is 2.22. The van der Waals surface area contributed by atoms with Gasteiger partial charge in [-0.05, 0) is 31.0 Å². The number of aromatic hydroxyl groups is 1. The van der Waals surface area contributed by atoms with Crippen LogP contribution in [0.1, 0.15) is 18.9 Å². The zero-order valence-electron chi connectivity index (χ0n) is 18.0. The molecule has 0 saturated carbocycles. The van der Waals surface area contributed by atoms with Gasteiger partial charge in [0.2, 0.25) is 17.7 Å². The highest BCUT2D eigenvalue weighted by Gasteiger charge is 2.26. The van der Waals surface area contributed by atoms with Crippen LogP contribution in [0.15, 0.2) is 24.3 Å². The molecule has 1 aromatic carbocycles. The Balaban J connectivity index is 2.50. The van der Waals surface area contributed by atoms with Crippen molar-refractivity contribution in [2.45, 2.75) is 37.9 Å². The van der Waals surface area contributed by atoms with E-state index in [1.807, 2.05) is 0 Å². The maximum absolute atomic E-state index is 12.2. The van der Waals surface area contributed by atoms with Crippen molar-refractivity contribution in [3.63, 3.8) is 0 Å². The number of carbonyl (C=O) groups is 5. The number of hydrogen-bond donors (Lipinski definition) is 5. The molecule has 3 atom stereocenters. The molecule has 0 aliphatic heterocycles. The van der Waals surface area contributed by atoms with Crippen LogP contribution in [0.5, 0.6) is 5.75 Å². The summed E-state index contributed by atoms with van der Waals surface area (Å²) in [5, 5.41) is 16.3. The van der Waals surface area contributed by atoms with Gasteiger partial charge in [0.15, 0.2) is 0 Å². The Morgan fingerprint density at radius 3 is 2.19 bits per heavy atom. The minimum absolute atomic E-state index is 0.0873. The van der Waals surface area contributed by atoms with Crippen molar-refractivity contribution in [3.05, 3.63) is 29.8 Å². The summed E-state index contributed by atoms with van der Waals surface area (Å²) in [6, 6.07) is 2.99. The lowest BCUT2D eigenvalue weighted by atomic mass is 10.1. The van der Waals surface area contributed by atoms with Gasteiger partial charge in [-0.3, -0.25) is 19.2 Å². The van der Waals surface area contributed by atoms with E-state index in [-0.39, 0.29) is 12.2 Å². The maximum atomic E-state index is 12.2. The first kappa shape index (κ1) is 26.4. The zero-order chi connectivity index (χ0) is 24.3. The van der Waals surface area contributed by atoms with Crippen molar-refractivity contribution in [1.29, 1.82) is 0 Å². The molecule has 3 amide bonds. The lowest BCUT2D eigenvalue weighted by Gasteiger charge is -2.18. The van der Waals surface area contributed by atoms with Crippen molar-refractivity contribution in [2.24, 2.45) is 5.73 Å². The Kier molecular flexibility index (Phi) is 10.6. The molecule has 0 aliphatic rings. The number of carbonyl (C=O) groups excluding carboxylic acids is 5. The molecule has 0 saturated heterocycles. The standard InChI is InChI=1S/C20H28N4O8/c1-11(23-19(29)14(21)8-12-4-6-13(25)7-5-12)18(28)22-10-16(26)24-15(20(30)32-3)9-17(27)31-2/h4-7,11,14-15,25H,8-10,21H2,1-3H3,(H,22,28)(H,23,29)(H,24,26). The molecule has 0 radical (unpaired) electrons. The monoisotopic (exact) mass is 452 g/mol. The van der Waals surface area contributed by atoms with Crippen LogP contribution in [-0.2, 0) is 39.9 Å². The van der Waals surface area contributed by atoms with Crippen LogP contribution in [0.3, 0.4) is 0 Å². The quantitative estimate of drug-likeness (QED) is 0.239. The highest BCUT2D eigenvalue weighted by Crippen LogP contribution is 2.11. The van der Waals surface area contributed by atoms with Gasteiger partial charge >= 0.3 is 11.9 Å². The van der Waals surface area contributed by atoms with Gasteiger partial charge < -0.3 is 36.3 Å². The number of amides is 3. The number of rotatable bonds is 11. The minimum atomic E-state index is -1.27. The Morgan fingerprint density at radius 1 is 1.00 bits per heavy atom. The number of esters is 2. The van der Waals surface area contributed by atoms with E-state index in [1.165, 1.54) is 19.1 Å². The lowest BCUT2D eigenvalue weighted by molar-refractivity contribution is -0.150. The van der Waals surface area contributed by atoms with E-state index in [4.69, 9.17) is 5.73 Å². The number of methoxy groups -OCH3 is 2. The highest BCUT2D eigenvalue weighted by atomic mass is 16.5. The molecule has 3 unspecified atom stereocenters. The van der Waals surface area contributed by atoms with E-state index in [0.717, 1.165) is 19.8 Å². The molecule has 12 heteroatoms. The van der Waals surface area contributed by atoms with Crippen LogP contribution in [0.25, 0.3) is 0 Å². The molecular weight excluding hydrogens is 424 g/mol. The zero-order valence-corrected chi connectivity index (χ0v) is 18.0. The summed E-state index contributed by atoms with van der Waals surface area (Å²) in [5.74, 6) is -3.48. The predicted octanol–water partition coefficient (Wildman–Crippen LogP) is -1.90. The van der Waals surface area contributed by atoms with Crippen molar-refractivity contribution in [3.8, 4) is 5.75 Å². The van der Waals surface area contributed by atoms with Gasteiger partial charge in [-0.15, -0.1) is 0 Å². The third-order valence-electron chi connectivity index (χ3n) is 4.32. The fourth-order valence-electron chi connectivity index (χ4n) is 2.52. The number of phenols is 1. The normalized spacial score (nSPS) is 13.1. The second kappa shape index (κ2) is 12.9. The predicted molar refractivity (Wildman–Crippen MR) is 111 cm³/mol. The van der Waals surface area contributed by atoms with E-state index >= 15 is 0 Å². The van der Waals surface area contributed by atoms with Crippen LogP contribution in [-0.4, -0.2) is 73.7 Å². The largest absolute Gasteiger partial charge is 0.508 e. The third-order valence-corrected chi connectivity index (χ3v) is 4.32. The van der Waals surface area contributed by atoms with Crippen LogP contribution in [0.4, 0.5) is 0 Å².